The molecule has 0 spiro atoms. The molecule has 0 aliphatic carbocycles. The van der Waals surface area contributed by atoms with E-state index in [9.17, 15) is 4.79 Å². The minimum atomic E-state index is 0.0963. The fourth-order valence-corrected chi connectivity index (χ4v) is 2.33. The number of hydrogen-bond donors (Lipinski definition) is 0. The van der Waals surface area contributed by atoms with Crippen molar-refractivity contribution in [2.45, 2.75) is 46.5 Å². The Balaban J connectivity index is 2.30. The average molecular weight is 280 g/mol. The Labute approximate surface area is 128 Å². The van der Waals surface area contributed by atoms with Gasteiger partial charge in [0.15, 0.2) is 5.78 Å². The van der Waals surface area contributed by atoms with Crippen LogP contribution in [0.3, 0.4) is 0 Å². The first kappa shape index (κ1) is 15.5. The molecule has 0 aliphatic rings. The first-order chi connectivity index (χ1) is 9.85. The van der Waals surface area contributed by atoms with Gasteiger partial charge in [0.05, 0.1) is 0 Å². The van der Waals surface area contributed by atoms with Crippen molar-refractivity contribution in [1.29, 1.82) is 0 Å². The quantitative estimate of drug-likeness (QED) is 0.701. The number of carbonyl (C=O) groups is 1. The van der Waals surface area contributed by atoms with E-state index in [1.54, 1.807) is 0 Å². The summed E-state index contributed by atoms with van der Waals surface area (Å²) in [5.74, 6) is 0.0963. The molecule has 0 saturated carbocycles. The molecule has 1 heteroatoms. The molecule has 0 N–H and O–H groups in total. The van der Waals surface area contributed by atoms with E-state index in [1.165, 1.54) is 11.1 Å². The second kappa shape index (κ2) is 5.85. The van der Waals surface area contributed by atoms with E-state index in [-0.39, 0.29) is 11.2 Å². The topological polar surface area (TPSA) is 17.1 Å². The standard InChI is InChI=1S/C20H24O/c1-6-20(4,5)18-11-9-16(10-12-18)19(21)17-8-7-14(2)15(3)13-17/h7-13H,6H2,1-5H3. The number of ketones is 1. The van der Waals surface area contributed by atoms with Crippen molar-refractivity contribution in [3.8, 4) is 0 Å². The van der Waals surface area contributed by atoms with Gasteiger partial charge >= 0.3 is 0 Å². The Kier molecular flexibility index (Phi) is 4.32. The van der Waals surface area contributed by atoms with Crippen molar-refractivity contribution in [2.75, 3.05) is 0 Å². The van der Waals surface area contributed by atoms with E-state index in [0.29, 0.717) is 0 Å². The Morgan fingerprint density at radius 3 is 2.00 bits per heavy atom. The fourth-order valence-electron chi connectivity index (χ4n) is 2.33. The minimum absolute atomic E-state index is 0.0963. The molecule has 0 saturated heterocycles. The lowest BCUT2D eigenvalue weighted by Crippen LogP contribution is -2.15. The van der Waals surface area contributed by atoms with E-state index < -0.39 is 0 Å². The summed E-state index contributed by atoms with van der Waals surface area (Å²) >= 11 is 0. The first-order valence-electron chi connectivity index (χ1n) is 7.57. The fraction of sp³-hybridized carbons (Fsp3) is 0.350. The Hall–Kier alpha value is -1.89. The first-order valence-corrected chi connectivity index (χ1v) is 7.57. The van der Waals surface area contributed by atoms with Crippen LogP contribution in [-0.2, 0) is 5.41 Å². The predicted octanol–water partition coefficient (Wildman–Crippen LogP) is 5.22. The van der Waals surface area contributed by atoms with Gasteiger partial charge in [-0.2, -0.15) is 0 Å². The molecule has 21 heavy (non-hydrogen) atoms. The van der Waals surface area contributed by atoms with Crippen LogP contribution in [0.2, 0.25) is 0 Å². The highest BCUT2D eigenvalue weighted by Crippen LogP contribution is 2.27. The molecule has 110 valence electrons. The molecule has 1 nitrogen and oxygen atoms in total. The summed E-state index contributed by atoms with van der Waals surface area (Å²) in [6.45, 7) is 10.7. The van der Waals surface area contributed by atoms with Gasteiger partial charge in [-0.15, -0.1) is 0 Å². The third kappa shape index (κ3) is 3.24. The zero-order valence-electron chi connectivity index (χ0n) is 13.7. The molecule has 2 aromatic carbocycles. The molecule has 0 amide bonds. The molecule has 0 unspecified atom stereocenters. The number of hydrogen-bond acceptors (Lipinski definition) is 1. The molecule has 2 rings (SSSR count). The second-order valence-corrected chi connectivity index (χ2v) is 6.44. The van der Waals surface area contributed by atoms with Crippen LogP contribution in [0, 0.1) is 13.8 Å². The van der Waals surface area contributed by atoms with Gasteiger partial charge in [0, 0.05) is 11.1 Å². The van der Waals surface area contributed by atoms with Gasteiger partial charge < -0.3 is 0 Å². The smallest absolute Gasteiger partial charge is 0.193 e. The summed E-state index contributed by atoms with van der Waals surface area (Å²) in [4.78, 5) is 12.5. The van der Waals surface area contributed by atoms with Gasteiger partial charge in [-0.25, -0.2) is 0 Å². The largest absolute Gasteiger partial charge is 0.289 e. The third-order valence-corrected chi connectivity index (χ3v) is 4.58. The Morgan fingerprint density at radius 2 is 1.48 bits per heavy atom. The van der Waals surface area contributed by atoms with Crippen LogP contribution in [0.25, 0.3) is 0 Å². The summed E-state index contributed by atoms with van der Waals surface area (Å²) < 4.78 is 0. The lowest BCUT2D eigenvalue weighted by molar-refractivity contribution is 0.103. The zero-order valence-corrected chi connectivity index (χ0v) is 13.7. The predicted molar refractivity (Wildman–Crippen MR) is 89.1 cm³/mol. The number of carbonyl (C=O) groups excluding carboxylic acids is 1. The van der Waals surface area contributed by atoms with E-state index in [2.05, 4.69) is 39.8 Å². The van der Waals surface area contributed by atoms with Crippen LogP contribution >= 0.6 is 0 Å². The number of benzene rings is 2. The van der Waals surface area contributed by atoms with Gasteiger partial charge in [-0.05, 0) is 48.4 Å². The summed E-state index contributed by atoms with van der Waals surface area (Å²) in [7, 11) is 0. The van der Waals surface area contributed by atoms with Gasteiger partial charge in [0.2, 0.25) is 0 Å². The zero-order chi connectivity index (χ0) is 15.6. The van der Waals surface area contributed by atoms with Crippen LogP contribution in [0.15, 0.2) is 42.5 Å². The Bertz CT molecular complexity index is 648. The molecule has 0 atom stereocenters. The monoisotopic (exact) mass is 280 g/mol. The molecule has 0 bridgehead atoms. The van der Waals surface area contributed by atoms with Gasteiger partial charge in [0.1, 0.15) is 0 Å². The average Bonchev–Trinajstić information content (AvgIpc) is 2.49. The molecule has 2 aromatic rings. The van der Waals surface area contributed by atoms with Crippen LogP contribution in [0.1, 0.15) is 59.8 Å². The maximum Gasteiger partial charge on any atom is 0.193 e. The highest BCUT2D eigenvalue weighted by atomic mass is 16.1. The summed E-state index contributed by atoms with van der Waals surface area (Å²) in [6, 6.07) is 14.0. The van der Waals surface area contributed by atoms with Crippen LogP contribution in [0.4, 0.5) is 0 Å². The number of aryl methyl sites for hydroxylation is 2. The van der Waals surface area contributed by atoms with Gasteiger partial charge in [-0.3, -0.25) is 4.79 Å². The Morgan fingerprint density at radius 1 is 0.905 bits per heavy atom. The lowest BCUT2D eigenvalue weighted by atomic mass is 9.82. The number of rotatable bonds is 4. The van der Waals surface area contributed by atoms with Gasteiger partial charge in [0.25, 0.3) is 0 Å². The van der Waals surface area contributed by atoms with Crippen molar-refractivity contribution >= 4 is 5.78 Å². The molecular weight excluding hydrogens is 256 g/mol. The SMILES string of the molecule is CCC(C)(C)c1ccc(C(=O)c2ccc(C)c(C)c2)cc1. The van der Waals surface area contributed by atoms with Crippen molar-refractivity contribution in [3.63, 3.8) is 0 Å². The maximum atomic E-state index is 12.5. The molecule has 0 aromatic heterocycles. The van der Waals surface area contributed by atoms with Crippen molar-refractivity contribution in [1.82, 2.24) is 0 Å². The van der Waals surface area contributed by atoms with E-state index in [1.807, 2.05) is 37.3 Å². The molecular formula is C20H24O. The summed E-state index contributed by atoms with van der Waals surface area (Å²) in [5, 5.41) is 0. The normalized spacial score (nSPS) is 11.5. The second-order valence-electron chi connectivity index (χ2n) is 6.44. The van der Waals surface area contributed by atoms with Gasteiger partial charge in [-0.1, -0.05) is 57.2 Å². The van der Waals surface area contributed by atoms with Crippen molar-refractivity contribution < 1.29 is 4.79 Å². The third-order valence-electron chi connectivity index (χ3n) is 4.58. The van der Waals surface area contributed by atoms with Crippen LogP contribution < -0.4 is 0 Å². The van der Waals surface area contributed by atoms with Crippen LogP contribution in [0.5, 0.6) is 0 Å². The van der Waals surface area contributed by atoms with Crippen molar-refractivity contribution in [2.24, 2.45) is 0 Å². The van der Waals surface area contributed by atoms with Crippen molar-refractivity contribution in [3.05, 3.63) is 70.3 Å². The van der Waals surface area contributed by atoms with E-state index >= 15 is 0 Å². The summed E-state index contributed by atoms with van der Waals surface area (Å²) in [6.07, 6.45) is 1.08. The highest BCUT2D eigenvalue weighted by molar-refractivity contribution is 6.09. The molecule has 0 aliphatic heterocycles. The minimum Gasteiger partial charge on any atom is -0.289 e. The van der Waals surface area contributed by atoms with Crippen LogP contribution in [-0.4, -0.2) is 5.78 Å². The van der Waals surface area contributed by atoms with E-state index in [0.717, 1.165) is 23.1 Å². The maximum absolute atomic E-state index is 12.5. The summed E-state index contributed by atoms with van der Waals surface area (Å²) in [5.41, 5.74) is 5.33. The molecule has 0 fully saturated rings. The molecule has 0 heterocycles. The highest BCUT2D eigenvalue weighted by Gasteiger charge is 2.18. The van der Waals surface area contributed by atoms with E-state index in [4.69, 9.17) is 0 Å². The lowest BCUT2D eigenvalue weighted by Gasteiger charge is -2.23. The molecule has 0 radical (unpaired) electrons.